The lowest BCUT2D eigenvalue weighted by atomic mass is 9.79. The van der Waals surface area contributed by atoms with Gasteiger partial charge in [-0.2, -0.15) is 0 Å². The zero-order valence-electron chi connectivity index (χ0n) is 20.5. The van der Waals surface area contributed by atoms with Crippen molar-refractivity contribution < 1.29 is 9.53 Å². The third-order valence-electron chi connectivity index (χ3n) is 8.78. The normalized spacial score (nSPS) is 28.0. The van der Waals surface area contributed by atoms with Gasteiger partial charge in [0.1, 0.15) is 0 Å². The minimum absolute atomic E-state index is 0.152. The molecule has 0 spiro atoms. The highest BCUT2D eigenvalue weighted by atomic mass is 16.5. The van der Waals surface area contributed by atoms with Crippen LogP contribution in [-0.4, -0.2) is 40.7 Å². The van der Waals surface area contributed by atoms with Gasteiger partial charge in [-0.1, -0.05) is 69.6 Å². The van der Waals surface area contributed by atoms with Gasteiger partial charge in [0.2, 0.25) is 0 Å². The van der Waals surface area contributed by atoms with E-state index in [-0.39, 0.29) is 5.97 Å². The van der Waals surface area contributed by atoms with Gasteiger partial charge in [0.05, 0.1) is 13.5 Å². The number of fused-ring (bicyclic) bond motifs is 3. The first-order chi connectivity index (χ1) is 16.2. The van der Waals surface area contributed by atoms with E-state index in [0.717, 1.165) is 23.7 Å². The Morgan fingerprint density at radius 3 is 2.09 bits per heavy atom. The maximum absolute atomic E-state index is 12.0. The van der Waals surface area contributed by atoms with Gasteiger partial charge >= 0.3 is 5.97 Å². The Labute approximate surface area is 199 Å². The van der Waals surface area contributed by atoms with Gasteiger partial charge in [-0.15, -0.1) is 0 Å². The molecule has 2 saturated heterocycles. The fourth-order valence-corrected chi connectivity index (χ4v) is 7.25. The van der Waals surface area contributed by atoms with Gasteiger partial charge in [-0.3, -0.25) is 9.69 Å². The van der Waals surface area contributed by atoms with Crippen LogP contribution < -0.4 is 0 Å². The van der Waals surface area contributed by atoms with Crippen LogP contribution in [0.3, 0.4) is 0 Å². The number of para-hydroxylation sites is 1. The second-order valence-corrected chi connectivity index (χ2v) is 10.8. The van der Waals surface area contributed by atoms with E-state index in [1.165, 1.54) is 108 Å². The second kappa shape index (κ2) is 10.6. The van der Waals surface area contributed by atoms with Gasteiger partial charge in [-0.25, -0.2) is 0 Å². The molecule has 0 radical (unpaired) electrons. The van der Waals surface area contributed by atoms with E-state index >= 15 is 0 Å². The van der Waals surface area contributed by atoms with Crippen LogP contribution in [0.1, 0.15) is 101 Å². The fraction of sp³-hybridized carbons (Fsp3) is 0.690. The first-order valence-electron chi connectivity index (χ1n) is 13.7. The Bertz CT molecular complexity index is 911. The topological polar surface area (TPSA) is 34.5 Å². The molecule has 180 valence electrons. The van der Waals surface area contributed by atoms with Crippen molar-refractivity contribution >= 4 is 16.9 Å². The Morgan fingerprint density at radius 2 is 1.42 bits per heavy atom. The third-order valence-corrected chi connectivity index (χ3v) is 8.78. The highest BCUT2D eigenvalue weighted by molar-refractivity contribution is 5.88. The van der Waals surface area contributed by atoms with Crippen molar-refractivity contribution in [3.63, 3.8) is 0 Å². The minimum atomic E-state index is -0.152. The lowest BCUT2D eigenvalue weighted by molar-refractivity contribution is -0.139. The van der Waals surface area contributed by atoms with E-state index < -0.39 is 0 Å². The first-order valence-corrected chi connectivity index (χ1v) is 13.7. The van der Waals surface area contributed by atoms with E-state index in [4.69, 9.17) is 4.74 Å². The molecule has 1 saturated carbocycles. The smallest absolute Gasteiger partial charge is 0.310 e. The number of carbonyl (C=O) groups is 1. The Balaban J connectivity index is 1.38. The van der Waals surface area contributed by atoms with Crippen molar-refractivity contribution in [3.05, 3.63) is 36.0 Å². The average molecular weight is 451 g/mol. The zero-order chi connectivity index (χ0) is 22.6. The van der Waals surface area contributed by atoms with Crippen LogP contribution in [0.15, 0.2) is 30.5 Å². The number of methoxy groups -OCH3 is 1. The average Bonchev–Trinajstić information content (AvgIpc) is 3.20. The molecule has 1 aromatic heterocycles. The summed E-state index contributed by atoms with van der Waals surface area (Å²) in [7, 11) is 1.48. The van der Waals surface area contributed by atoms with Crippen molar-refractivity contribution in [2.24, 2.45) is 0 Å². The molecule has 2 atom stereocenters. The van der Waals surface area contributed by atoms with Crippen molar-refractivity contribution in [1.82, 2.24) is 9.47 Å². The number of benzene rings is 1. The van der Waals surface area contributed by atoms with E-state index in [9.17, 15) is 4.79 Å². The number of aromatic nitrogens is 1. The van der Waals surface area contributed by atoms with Gasteiger partial charge in [-0.05, 0) is 50.2 Å². The molecule has 3 heterocycles. The number of ether oxygens (including phenoxy) is 1. The maximum atomic E-state index is 12.0. The standard InChI is InChI=1S/C29H42N2O2/c1-33-29(32)18-22-21-30(28-17-10-9-16-27(22)28)26-19-24-14-11-15-25(20-26)31(24)23-12-7-5-3-2-4-6-8-13-23/h9-10,16-17,21,23-26H,2-8,11-15,18-20H2,1H3. The lowest BCUT2D eigenvalue weighted by Gasteiger charge is -2.53. The molecule has 4 nitrogen and oxygen atoms in total. The van der Waals surface area contributed by atoms with Gasteiger partial charge in [0.25, 0.3) is 0 Å². The number of rotatable bonds is 4. The van der Waals surface area contributed by atoms with Crippen molar-refractivity contribution in [2.45, 2.75) is 120 Å². The molecule has 3 fully saturated rings. The monoisotopic (exact) mass is 450 g/mol. The minimum Gasteiger partial charge on any atom is -0.469 e. The number of esters is 1. The van der Waals surface area contributed by atoms with Crippen LogP contribution in [0.2, 0.25) is 0 Å². The lowest BCUT2D eigenvalue weighted by Crippen LogP contribution is -2.56. The summed E-state index contributed by atoms with van der Waals surface area (Å²) >= 11 is 0. The summed E-state index contributed by atoms with van der Waals surface area (Å²) in [5.41, 5.74) is 2.39. The second-order valence-electron chi connectivity index (χ2n) is 10.8. The van der Waals surface area contributed by atoms with Gasteiger partial charge < -0.3 is 9.30 Å². The van der Waals surface area contributed by atoms with Crippen LogP contribution in [0, 0.1) is 0 Å². The van der Waals surface area contributed by atoms with E-state index in [2.05, 4.69) is 39.9 Å². The summed E-state index contributed by atoms with van der Waals surface area (Å²) in [6, 6.07) is 11.4. The fourth-order valence-electron chi connectivity index (χ4n) is 7.25. The van der Waals surface area contributed by atoms with Gasteiger partial charge in [0.15, 0.2) is 0 Å². The molecule has 33 heavy (non-hydrogen) atoms. The molecule has 2 unspecified atom stereocenters. The number of carbonyl (C=O) groups excluding carboxylic acids is 1. The molecule has 4 heteroatoms. The van der Waals surface area contributed by atoms with E-state index in [1.807, 2.05) is 0 Å². The van der Waals surface area contributed by atoms with Crippen molar-refractivity contribution in [3.8, 4) is 0 Å². The largest absolute Gasteiger partial charge is 0.469 e. The third kappa shape index (κ3) is 5.01. The molecule has 1 aromatic carbocycles. The Hall–Kier alpha value is -1.81. The summed E-state index contributed by atoms with van der Waals surface area (Å²) in [5.74, 6) is -0.152. The number of nitrogens with zero attached hydrogens (tertiary/aromatic N) is 2. The quantitative estimate of drug-likeness (QED) is 0.480. The molecule has 3 aliphatic rings. The number of piperidine rings is 2. The summed E-state index contributed by atoms with van der Waals surface area (Å²) in [6.07, 6.45) is 22.1. The summed E-state index contributed by atoms with van der Waals surface area (Å²) in [6.45, 7) is 0. The van der Waals surface area contributed by atoms with E-state index in [0.29, 0.717) is 12.5 Å². The molecule has 2 bridgehead atoms. The molecule has 5 rings (SSSR count). The molecule has 2 aromatic rings. The predicted octanol–water partition coefficient (Wildman–Crippen LogP) is 6.81. The molecule has 1 aliphatic carbocycles. The summed E-state index contributed by atoms with van der Waals surface area (Å²) in [5, 5.41) is 1.21. The highest BCUT2D eigenvalue weighted by Gasteiger charge is 2.42. The van der Waals surface area contributed by atoms with Crippen LogP contribution in [-0.2, 0) is 16.0 Å². The Kier molecular flexibility index (Phi) is 7.40. The maximum Gasteiger partial charge on any atom is 0.310 e. The molecular formula is C29H42N2O2. The molecule has 0 N–H and O–H groups in total. The zero-order valence-corrected chi connectivity index (χ0v) is 20.5. The first kappa shape index (κ1) is 23.0. The number of hydrogen-bond acceptors (Lipinski definition) is 3. The summed E-state index contributed by atoms with van der Waals surface area (Å²) in [4.78, 5) is 15.1. The van der Waals surface area contributed by atoms with Crippen LogP contribution in [0.5, 0.6) is 0 Å². The van der Waals surface area contributed by atoms with Crippen molar-refractivity contribution in [1.29, 1.82) is 0 Å². The summed E-state index contributed by atoms with van der Waals surface area (Å²) < 4.78 is 7.50. The van der Waals surface area contributed by atoms with Crippen LogP contribution >= 0.6 is 0 Å². The molecule has 2 aliphatic heterocycles. The Morgan fingerprint density at radius 1 is 0.818 bits per heavy atom. The van der Waals surface area contributed by atoms with E-state index in [1.54, 1.807) is 0 Å². The molecular weight excluding hydrogens is 408 g/mol. The van der Waals surface area contributed by atoms with Crippen molar-refractivity contribution in [2.75, 3.05) is 7.11 Å². The van der Waals surface area contributed by atoms with Crippen LogP contribution in [0.25, 0.3) is 10.9 Å². The van der Waals surface area contributed by atoms with Gasteiger partial charge in [0, 0.05) is 41.3 Å². The predicted molar refractivity (Wildman–Crippen MR) is 135 cm³/mol. The van der Waals surface area contributed by atoms with Crippen LogP contribution in [0.4, 0.5) is 0 Å². The SMILES string of the molecule is COC(=O)Cc1cn(C2CC3CCCC(C2)N3C2CCCCCCCCC2)c2ccccc12. The highest BCUT2D eigenvalue weighted by Crippen LogP contribution is 2.43. The number of hydrogen-bond donors (Lipinski definition) is 0. The molecule has 0 amide bonds.